The standard InChI is InChI=1S/C31H38N2O4S/c1-36-28-15-12-24(13-16-28)9-6-4-2-3-5-7-20-37-30-18-14-27(33-29(30)17-19-31(34)35)23-38-22-25-10-8-11-26(32)21-25/h8,10-19,21H,2-7,9,20,22-23,32H2,1H3,(H,34,35). The van der Waals surface area contributed by atoms with Gasteiger partial charge in [-0.1, -0.05) is 49.9 Å². The summed E-state index contributed by atoms with van der Waals surface area (Å²) in [5, 5.41) is 9.07. The predicted molar refractivity (Wildman–Crippen MR) is 157 cm³/mol. The number of unbranched alkanes of at least 4 members (excludes halogenated alkanes) is 5. The molecule has 0 aliphatic heterocycles. The lowest BCUT2D eigenvalue weighted by Gasteiger charge is -2.11. The second-order valence-electron chi connectivity index (χ2n) is 9.16. The number of nitrogens with zero attached hydrogens (tertiary/aromatic N) is 1. The molecule has 3 rings (SSSR count). The highest BCUT2D eigenvalue weighted by Gasteiger charge is 2.07. The van der Waals surface area contributed by atoms with Crippen molar-refractivity contribution in [2.24, 2.45) is 0 Å². The second-order valence-corrected chi connectivity index (χ2v) is 10.1. The Kier molecular flexibility index (Phi) is 12.6. The van der Waals surface area contributed by atoms with Gasteiger partial charge >= 0.3 is 5.97 Å². The van der Waals surface area contributed by atoms with Gasteiger partial charge in [0.2, 0.25) is 0 Å². The monoisotopic (exact) mass is 534 g/mol. The van der Waals surface area contributed by atoms with E-state index in [4.69, 9.17) is 20.3 Å². The molecule has 1 heterocycles. The lowest BCUT2D eigenvalue weighted by molar-refractivity contribution is -0.131. The third-order valence-corrected chi connectivity index (χ3v) is 7.11. The minimum atomic E-state index is -1.01. The number of rotatable bonds is 17. The van der Waals surface area contributed by atoms with Gasteiger partial charge in [0.15, 0.2) is 0 Å². The van der Waals surface area contributed by atoms with E-state index in [0.717, 1.165) is 53.8 Å². The molecule has 0 radical (unpaired) electrons. The average Bonchev–Trinajstić information content (AvgIpc) is 2.92. The van der Waals surface area contributed by atoms with Gasteiger partial charge in [-0.05, 0) is 72.9 Å². The van der Waals surface area contributed by atoms with Gasteiger partial charge in [0.25, 0.3) is 0 Å². The number of aryl methyl sites for hydroxylation is 1. The van der Waals surface area contributed by atoms with Crippen LogP contribution in [0.15, 0.2) is 66.7 Å². The number of ether oxygens (including phenoxy) is 2. The van der Waals surface area contributed by atoms with Crippen LogP contribution in [0.5, 0.6) is 11.5 Å². The maximum Gasteiger partial charge on any atom is 0.328 e. The Morgan fingerprint density at radius 2 is 1.71 bits per heavy atom. The number of nitrogen functional groups attached to an aromatic ring is 1. The lowest BCUT2D eigenvalue weighted by atomic mass is 10.0. The van der Waals surface area contributed by atoms with Crippen molar-refractivity contribution in [2.75, 3.05) is 19.5 Å². The van der Waals surface area contributed by atoms with Crippen LogP contribution in [-0.4, -0.2) is 29.8 Å². The van der Waals surface area contributed by atoms with Crippen LogP contribution >= 0.6 is 11.8 Å². The molecule has 0 fully saturated rings. The minimum Gasteiger partial charge on any atom is -0.497 e. The van der Waals surface area contributed by atoms with Crippen LogP contribution in [0.25, 0.3) is 6.08 Å². The fourth-order valence-corrected chi connectivity index (χ4v) is 4.93. The van der Waals surface area contributed by atoms with Gasteiger partial charge in [0.1, 0.15) is 17.2 Å². The van der Waals surface area contributed by atoms with Gasteiger partial charge in [0, 0.05) is 23.3 Å². The maximum atomic E-state index is 11.1. The molecule has 0 aliphatic rings. The Labute approximate surface area is 230 Å². The molecule has 0 spiro atoms. The van der Waals surface area contributed by atoms with E-state index in [0.29, 0.717) is 23.8 Å². The van der Waals surface area contributed by atoms with Crippen LogP contribution in [0, 0.1) is 0 Å². The molecule has 6 nitrogen and oxygen atoms in total. The molecule has 0 bridgehead atoms. The summed E-state index contributed by atoms with van der Waals surface area (Å²) in [6.45, 7) is 0.588. The number of carboxylic acids is 1. The number of carbonyl (C=O) groups is 1. The van der Waals surface area contributed by atoms with Crippen molar-refractivity contribution in [3.8, 4) is 11.5 Å². The third-order valence-electron chi connectivity index (χ3n) is 6.07. The zero-order valence-electron chi connectivity index (χ0n) is 22.1. The van der Waals surface area contributed by atoms with Crippen LogP contribution in [0.4, 0.5) is 5.69 Å². The van der Waals surface area contributed by atoms with Crippen molar-refractivity contribution < 1.29 is 19.4 Å². The zero-order valence-corrected chi connectivity index (χ0v) is 22.9. The Hall–Kier alpha value is -3.45. The van der Waals surface area contributed by atoms with Crippen molar-refractivity contribution >= 4 is 29.5 Å². The minimum absolute atomic E-state index is 0.549. The largest absolute Gasteiger partial charge is 0.497 e. The fourth-order valence-electron chi connectivity index (χ4n) is 4.05. The van der Waals surface area contributed by atoms with E-state index in [1.807, 2.05) is 42.5 Å². The SMILES string of the molecule is COc1ccc(CCCCCCCCOc2ccc(CSCc3cccc(N)c3)nc2C=CC(=O)O)cc1. The van der Waals surface area contributed by atoms with Crippen molar-refractivity contribution in [2.45, 2.75) is 56.5 Å². The number of anilines is 1. The number of thioether (sulfide) groups is 1. The highest BCUT2D eigenvalue weighted by molar-refractivity contribution is 7.97. The predicted octanol–water partition coefficient (Wildman–Crippen LogP) is 7.17. The van der Waals surface area contributed by atoms with E-state index >= 15 is 0 Å². The molecule has 7 heteroatoms. The summed E-state index contributed by atoms with van der Waals surface area (Å²) in [7, 11) is 1.69. The molecule has 0 amide bonds. The topological polar surface area (TPSA) is 94.7 Å². The number of nitrogens with two attached hydrogens (primary N) is 1. The number of aromatic nitrogens is 1. The molecule has 0 saturated carbocycles. The first-order chi connectivity index (χ1) is 18.5. The lowest BCUT2D eigenvalue weighted by Crippen LogP contribution is -2.02. The van der Waals surface area contributed by atoms with Gasteiger partial charge < -0.3 is 20.3 Å². The number of aliphatic carboxylic acids is 1. The Bertz CT molecular complexity index is 1160. The number of carboxylic acid groups (broad SMARTS) is 1. The van der Waals surface area contributed by atoms with E-state index in [-0.39, 0.29) is 0 Å². The average molecular weight is 535 g/mol. The summed E-state index contributed by atoms with van der Waals surface area (Å²) >= 11 is 1.74. The molecular formula is C31H38N2O4S. The van der Waals surface area contributed by atoms with E-state index in [2.05, 4.69) is 23.2 Å². The van der Waals surface area contributed by atoms with E-state index in [1.54, 1.807) is 18.9 Å². The highest BCUT2D eigenvalue weighted by Crippen LogP contribution is 2.23. The third kappa shape index (κ3) is 10.9. The first-order valence-corrected chi connectivity index (χ1v) is 14.3. The summed E-state index contributed by atoms with van der Waals surface area (Å²) in [5.41, 5.74) is 10.6. The van der Waals surface area contributed by atoms with Gasteiger partial charge in [-0.25, -0.2) is 9.78 Å². The van der Waals surface area contributed by atoms with Crippen molar-refractivity contribution in [3.05, 3.63) is 89.3 Å². The summed E-state index contributed by atoms with van der Waals surface area (Å²) in [5.74, 6) is 2.04. The summed E-state index contributed by atoms with van der Waals surface area (Å²) in [4.78, 5) is 15.7. The Morgan fingerprint density at radius 1 is 0.947 bits per heavy atom. The summed E-state index contributed by atoms with van der Waals surface area (Å²) in [6, 6.07) is 20.0. The molecule has 3 aromatic rings. The van der Waals surface area contributed by atoms with Crippen molar-refractivity contribution in [1.29, 1.82) is 0 Å². The van der Waals surface area contributed by atoms with E-state index in [1.165, 1.54) is 37.3 Å². The van der Waals surface area contributed by atoms with Crippen molar-refractivity contribution in [1.82, 2.24) is 4.98 Å². The number of benzene rings is 2. The number of hydrogen-bond acceptors (Lipinski definition) is 6. The van der Waals surface area contributed by atoms with Gasteiger partial charge in [-0.3, -0.25) is 0 Å². The maximum absolute atomic E-state index is 11.1. The van der Waals surface area contributed by atoms with Crippen molar-refractivity contribution in [3.63, 3.8) is 0 Å². The van der Waals surface area contributed by atoms with E-state index in [9.17, 15) is 4.79 Å². The number of hydrogen-bond donors (Lipinski definition) is 2. The first-order valence-electron chi connectivity index (χ1n) is 13.1. The van der Waals surface area contributed by atoms with E-state index < -0.39 is 5.97 Å². The number of methoxy groups -OCH3 is 1. The highest BCUT2D eigenvalue weighted by atomic mass is 32.2. The molecule has 3 N–H and O–H groups in total. The fraction of sp³-hybridized carbons (Fsp3) is 0.355. The quantitative estimate of drug-likeness (QED) is 0.108. The normalized spacial score (nSPS) is 11.1. The molecule has 2 aromatic carbocycles. The second kappa shape index (κ2) is 16.4. The smallest absolute Gasteiger partial charge is 0.328 e. The molecule has 0 unspecified atom stereocenters. The number of pyridine rings is 1. The zero-order chi connectivity index (χ0) is 27.0. The molecular weight excluding hydrogens is 496 g/mol. The van der Waals surface area contributed by atoms with Crippen LogP contribution in [0.1, 0.15) is 61.0 Å². The molecule has 38 heavy (non-hydrogen) atoms. The van der Waals surface area contributed by atoms with Crippen LogP contribution < -0.4 is 15.2 Å². The van der Waals surface area contributed by atoms with Crippen LogP contribution in [-0.2, 0) is 22.7 Å². The molecule has 0 aliphatic carbocycles. The van der Waals surface area contributed by atoms with Crippen LogP contribution in [0.2, 0.25) is 0 Å². The first kappa shape index (κ1) is 29.1. The van der Waals surface area contributed by atoms with Gasteiger partial charge in [-0.2, -0.15) is 11.8 Å². The molecule has 0 saturated heterocycles. The van der Waals surface area contributed by atoms with Gasteiger partial charge in [0.05, 0.1) is 19.4 Å². The summed E-state index contributed by atoms with van der Waals surface area (Å²) < 4.78 is 11.2. The van der Waals surface area contributed by atoms with Crippen LogP contribution in [0.3, 0.4) is 0 Å². The Morgan fingerprint density at radius 3 is 2.45 bits per heavy atom. The van der Waals surface area contributed by atoms with Gasteiger partial charge in [-0.15, -0.1) is 0 Å². The molecule has 0 atom stereocenters. The molecule has 202 valence electrons. The molecule has 1 aromatic heterocycles. The summed E-state index contributed by atoms with van der Waals surface area (Å²) in [6.07, 6.45) is 10.6. The Balaban J connectivity index is 1.37.